The van der Waals surface area contributed by atoms with Crippen LogP contribution >= 0.6 is 15.6 Å². The molecule has 0 aliphatic rings. The third-order valence-electron chi connectivity index (χ3n) is 19.7. The van der Waals surface area contributed by atoms with Crippen molar-refractivity contribution in [3.05, 3.63) is 0 Å². The van der Waals surface area contributed by atoms with Crippen LogP contribution in [0, 0.1) is 17.8 Å². The topological polar surface area (TPSA) is 237 Å². The van der Waals surface area contributed by atoms with Gasteiger partial charge < -0.3 is 33.8 Å². The molecule has 3 unspecified atom stereocenters. The normalized spacial score (nSPS) is 14.2. The Balaban J connectivity index is 5.25. The van der Waals surface area contributed by atoms with Crippen LogP contribution in [0.4, 0.5) is 0 Å². The number of aliphatic hydroxyl groups is 1. The summed E-state index contributed by atoms with van der Waals surface area (Å²) >= 11 is 0. The van der Waals surface area contributed by atoms with Crippen molar-refractivity contribution in [1.82, 2.24) is 0 Å². The molecule has 102 heavy (non-hydrogen) atoms. The quantitative estimate of drug-likeness (QED) is 0.0222. The Morgan fingerprint density at radius 2 is 0.500 bits per heavy atom. The highest BCUT2D eigenvalue weighted by molar-refractivity contribution is 7.47. The monoisotopic (exact) mass is 1490 g/mol. The van der Waals surface area contributed by atoms with E-state index in [2.05, 4.69) is 48.5 Å². The smallest absolute Gasteiger partial charge is 0.462 e. The Bertz CT molecular complexity index is 1980. The molecule has 0 aromatic carbocycles. The number of rotatable bonds is 81. The van der Waals surface area contributed by atoms with Crippen molar-refractivity contribution in [2.24, 2.45) is 17.8 Å². The summed E-state index contributed by atoms with van der Waals surface area (Å²) in [5.41, 5.74) is 0. The Hall–Kier alpha value is -1.94. The number of esters is 4. The Kier molecular flexibility index (Phi) is 71.8. The van der Waals surface area contributed by atoms with Gasteiger partial charge in [-0.1, -0.05) is 382 Å². The predicted octanol–water partition coefficient (Wildman–Crippen LogP) is 24.9. The number of hydrogen-bond acceptors (Lipinski definition) is 15. The number of carbonyl (C=O) groups is 4. The maximum atomic E-state index is 13.1. The average Bonchev–Trinajstić information content (AvgIpc) is 0.927. The van der Waals surface area contributed by atoms with Gasteiger partial charge in [0, 0.05) is 25.7 Å². The predicted molar refractivity (Wildman–Crippen MR) is 418 cm³/mol. The molecule has 6 atom stereocenters. The third kappa shape index (κ3) is 74.9. The molecule has 0 aliphatic heterocycles. The van der Waals surface area contributed by atoms with Gasteiger partial charge in [-0.05, 0) is 43.4 Å². The van der Waals surface area contributed by atoms with Crippen LogP contribution in [0.3, 0.4) is 0 Å². The van der Waals surface area contributed by atoms with Crippen LogP contribution in [-0.2, 0) is 65.4 Å². The number of hydrogen-bond donors (Lipinski definition) is 3. The Labute approximate surface area is 626 Å². The summed E-state index contributed by atoms with van der Waals surface area (Å²) in [5, 5.41) is 10.7. The van der Waals surface area contributed by atoms with E-state index in [4.69, 9.17) is 37.0 Å². The van der Waals surface area contributed by atoms with Crippen LogP contribution in [0.15, 0.2) is 0 Å². The van der Waals surface area contributed by atoms with Crippen molar-refractivity contribution in [3.63, 3.8) is 0 Å². The molecule has 3 N–H and O–H groups in total. The zero-order chi connectivity index (χ0) is 75.1. The Morgan fingerprint density at radius 1 is 0.284 bits per heavy atom. The van der Waals surface area contributed by atoms with Crippen molar-refractivity contribution in [1.29, 1.82) is 0 Å². The standard InChI is InChI=1S/C83H162O17P2/c1-8-10-11-12-13-14-15-28-36-43-50-57-64-80(85)93-71-79(100-83(88)67-60-53-46-39-32-31-35-42-49-56-63-76(7)9-2)73-98-102(91,92)96-69-77(84)68-95-101(89,90)97-72-78(70-94-81(86)65-58-51-44-37-29-25-24-27-34-41-48-55-62-75(5)6)99-82(87)66-59-52-45-38-30-23-21-19-17-16-18-20-22-26-33-40-47-54-61-74(3)4/h74-79,84H,8-73H2,1-7H3,(H,89,90)(H,91,92)/t76?,77-,78-,79-/m1/s1. The minimum Gasteiger partial charge on any atom is -0.462 e. The van der Waals surface area contributed by atoms with Gasteiger partial charge in [0.2, 0.25) is 0 Å². The SMILES string of the molecule is CCCCCCCCCCCCCCC(=O)OC[C@H](COP(=O)(O)OC[C@H](O)COP(=O)(O)OC[C@@H](COC(=O)CCCCCCCCCCCCCCC(C)C)OC(=O)CCCCCCCCCCCCCCCCCCCCC(C)C)OC(=O)CCCCCCCCCCCCC(C)CC. The van der Waals surface area contributed by atoms with Gasteiger partial charge in [-0.3, -0.25) is 37.3 Å². The first-order valence-electron chi connectivity index (χ1n) is 42.9. The molecule has 0 aromatic rings. The lowest BCUT2D eigenvalue weighted by molar-refractivity contribution is -0.161. The summed E-state index contributed by atoms with van der Waals surface area (Å²) in [4.78, 5) is 73.1. The molecule has 0 aliphatic carbocycles. The van der Waals surface area contributed by atoms with E-state index < -0.39 is 97.5 Å². The summed E-state index contributed by atoms with van der Waals surface area (Å²) in [7, 11) is -9.92. The summed E-state index contributed by atoms with van der Waals surface area (Å²) in [6.45, 7) is 12.0. The highest BCUT2D eigenvalue weighted by Gasteiger charge is 2.30. The molecule has 19 heteroatoms. The number of phosphoric ester groups is 2. The first kappa shape index (κ1) is 100. The van der Waals surface area contributed by atoms with Gasteiger partial charge in [-0.25, -0.2) is 9.13 Å². The lowest BCUT2D eigenvalue weighted by atomic mass is 9.99. The molecule has 0 heterocycles. The van der Waals surface area contributed by atoms with Crippen LogP contribution in [0.1, 0.15) is 434 Å². The van der Waals surface area contributed by atoms with Crippen molar-refractivity contribution < 1.29 is 80.2 Å². The summed E-state index contributed by atoms with van der Waals surface area (Å²) < 4.78 is 68.8. The fourth-order valence-corrected chi connectivity index (χ4v) is 14.4. The molecule has 17 nitrogen and oxygen atoms in total. The highest BCUT2D eigenvalue weighted by atomic mass is 31.2. The van der Waals surface area contributed by atoms with E-state index in [-0.39, 0.29) is 25.7 Å². The second-order valence-electron chi connectivity index (χ2n) is 31.1. The molecule has 606 valence electrons. The van der Waals surface area contributed by atoms with Crippen LogP contribution in [0.25, 0.3) is 0 Å². The molecule has 0 fully saturated rings. The van der Waals surface area contributed by atoms with E-state index in [1.54, 1.807) is 0 Å². The maximum Gasteiger partial charge on any atom is 0.472 e. The molecule has 0 saturated carbocycles. The van der Waals surface area contributed by atoms with Crippen LogP contribution in [-0.4, -0.2) is 96.7 Å². The largest absolute Gasteiger partial charge is 0.472 e. The van der Waals surface area contributed by atoms with Crippen molar-refractivity contribution in [2.45, 2.75) is 452 Å². The average molecular weight is 1490 g/mol. The first-order chi connectivity index (χ1) is 49.3. The Morgan fingerprint density at radius 3 is 0.745 bits per heavy atom. The van der Waals surface area contributed by atoms with Gasteiger partial charge in [0.25, 0.3) is 0 Å². The van der Waals surface area contributed by atoms with E-state index in [1.165, 1.54) is 244 Å². The van der Waals surface area contributed by atoms with E-state index in [1.807, 2.05) is 0 Å². The van der Waals surface area contributed by atoms with Gasteiger partial charge in [0.15, 0.2) is 12.2 Å². The van der Waals surface area contributed by atoms with E-state index in [0.29, 0.717) is 25.7 Å². The lowest BCUT2D eigenvalue weighted by Gasteiger charge is -2.21. The molecule has 0 bridgehead atoms. The van der Waals surface area contributed by atoms with Crippen molar-refractivity contribution in [3.8, 4) is 0 Å². The maximum absolute atomic E-state index is 13.1. The summed E-state index contributed by atoms with van der Waals surface area (Å²) in [6, 6.07) is 0. The zero-order valence-corrected chi connectivity index (χ0v) is 68.9. The van der Waals surface area contributed by atoms with Crippen molar-refractivity contribution in [2.75, 3.05) is 39.6 Å². The minimum atomic E-state index is -4.96. The van der Waals surface area contributed by atoms with Gasteiger partial charge in [-0.15, -0.1) is 0 Å². The fraction of sp³-hybridized carbons (Fsp3) is 0.952. The minimum absolute atomic E-state index is 0.107. The number of phosphoric acid groups is 2. The number of aliphatic hydroxyl groups excluding tert-OH is 1. The number of ether oxygens (including phenoxy) is 4. The van der Waals surface area contributed by atoms with Gasteiger partial charge in [0.1, 0.15) is 19.3 Å². The fourth-order valence-electron chi connectivity index (χ4n) is 12.8. The van der Waals surface area contributed by atoms with Crippen LogP contribution in [0.2, 0.25) is 0 Å². The second-order valence-corrected chi connectivity index (χ2v) is 34.0. The second kappa shape index (κ2) is 73.2. The molecule has 0 spiro atoms. The first-order valence-corrected chi connectivity index (χ1v) is 45.9. The zero-order valence-electron chi connectivity index (χ0n) is 67.1. The van der Waals surface area contributed by atoms with E-state index in [0.717, 1.165) is 108 Å². The molecular formula is C83H162O17P2. The molecule has 0 aromatic heterocycles. The van der Waals surface area contributed by atoms with E-state index >= 15 is 0 Å². The third-order valence-corrected chi connectivity index (χ3v) is 21.6. The molecule has 0 rings (SSSR count). The number of unbranched alkanes of at least 4 members (excludes halogenated alkanes) is 48. The van der Waals surface area contributed by atoms with E-state index in [9.17, 15) is 43.2 Å². The summed E-state index contributed by atoms with van der Waals surface area (Å²) in [6.07, 6.45) is 62.3. The van der Waals surface area contributed by atoms with Crippen LogP contribution < -0.4 is 0 Å². The molecule has 0 amide bonds. The molecular weight excluding hydrogens is 1330 g/mol. The van der Waals surface area contributed by atoms with Gasteiger partial charge in [0.05, 0.1) is 26.4 Å². The van der Waals surface area contributed by atoms with Gasteiger partial charge in [-0.2, -0.15) is 0 Å². The van der Waals surface area contributed by atoms with Crippen molar-refractivity contribution >= 4 is 39.5 Å². The highest BCUT2D eigenvalue weighted by Crippen LogP contribution is 2.45. The van der Waals surface area contributed by atoms with Gasteiger partial charge >= 0.3 is 39.5 Å². The summed E-state index contributed by atoms with van der Waals surface area (Å²) in [5.74, 6) is 0.298. The lowest BCUT2D eigenvalue weighted by Crippen LogP contribution is -2.30. The molecule has 0 saturated heterocycles. The number of carbonyl (C=O) groups excluding carboxylic acids is 4. The molecule has 0 radical (unpaired) electrons. The van der Waals surface area contributed by atoms with Crippen LogP contribution in [0.5, 0.6) is 0 Å².